The van der Waals surface area contributed by atoms with Gasteiger partial charge in [0.25, 0.3) is 0 Å². The molecule has 0 atom stereocenters. The molecule has 526 valence electrons. The molecule has 0 aromatic heterocycles. The van der Waals surface area contributed by atoms with Gasteiger partial charge < -0.3 is 50.2 Å². The normalized spacial score (nSPS) is 16.5. The fourth-order valence-corrected chi connectivity index (χ4v) is 15.1. The fraction of sp³-hybridized carbons (Fsp3) is 0.341. The SMILES string of the molecule is CC(C)N1CCC(c2ccc(/C(=C(/CCCO)c3ccccc3)c3ccc(O)cc3)cc2)CC1.CCN1CCN(c2ccc(/C(=C(/CCCO)c3ccccc3)c3ccc(O)cc3)cc2)CC1.OCCC/C(=C(\c1ccc(O)cc1)c1ccc(C2CCN(C3CC3)CC2)cc1)c1ccccc1. The molecule has 10 nitrogen and oxygen atoms in total. The number of piperazine rings is 1. The minimum Gasteiger partial charge on any atom is -0.508 e. The van der Waals surface area contributed by atoms with Crippen LogP contribution >= 0.6 is 0 Å². The summed E-state index contributed by atoms with van der Waals surface area (Å²) in [5.41, 5.74) is 21.5. The molecule has 9 aromatic carbocycles. The van der Waals surface area contributed by atoms with Crippen molar-refractivity contribution >= 4 is 39.1 Å². The molecular formula is C91H106N4O6. The lowest BCUT2D eigenvalue weighted by Crippen LogP contribution is -2.46. The zero-order valence-electron chi connectivity index (χ0n) is 59.8. The van der Waals surface area contributed by atoms with Crippen LogP contribution in [0.2, 0.25) is 0 Å². The van der Waals surface area contributed by atoms with Crippen LogP contribution in [-0.4, -0.2) is 136 Å². The molecule has 3 heterocycles. The van der Waals surface area contributed by atoms with Crippen molar-refractivity contribution in [1.82, 2.24) is 14.7 Å². The van der Waals surface area contributed by atoms with Crippen molar-refractivity contribution < 1.29 is 30.6 Å². The molecule has 3 aliphatic heterocycles. The molecule has 0 radical (unpaired) electrons. The topological polar surface area (TPSA) is 134 Å². The first-order chi connectivity index (χ1) is 49.5. The molecule has 3 saturated heterocycles. The Morgan fingerprint density at radius 2 is 0.653 bits per heavy atom. The molecule has 1 saturated carbocycles. The summed E-state index contributed by atoms with van der Waals surface area (Å²) in [6, 6.07) is 82.4. The van der Waals surface area contributed by atoms with Crippen LogP contribution in [0.4, 0.5) is 5.69 Å². The first-order valence-electron chi connectivity index (χ1n) is 37.3. The van der Waals surface area contributed by atoms with Crippen molar-refractivity contribution in [3.63, 3.8) is 0 Å². The van der Waals surface area contributed by atoms with E-state index in [9.17, 15) is 30.6 Å². The average molecular weight is 1350 g/mol. The van der Waals surface area contributed by atoms with Gasteiger partial charge in [0.05, 0.1) is 0 Å². The van der Waals surface area contributed by atoms with E-state index in [-0.39, 0.29) is 37.1 Å². The first-order valence-corrected chi connectivity index (χ1v) is 37.3. The molecule has 1 aliphatic carbocycles. The van der Waals surface area contributed by atoms with E-state index >= 15 is 0 Å². The average Bonchev–Trinajstić information content (AvgIpc) is 1.06. The van der Waals surface area contributed by atoms with Crippen molar-refractivity contribution in [1.29, 1.82) is 0 Å². The van der Waals surface area contributed by atoms with Crippen molar-refractivity contribution in [3.8, 4) is 17.2 Å². The van der Waals surface area contributed by atoms with Gasteiger partial charge in [-0.05, 0) is 279 Å². The second-order valence-electron chi connectivity index (χ2n) is 27.9. The number of piperidine rings is 2. The number of likely N-dealkylation sites (tertiary alicyclic amines) is 2. The Balaban J connectivity index is 0.000000153. The van der Waals surface area contributed by atoms with Crippen molar-refractivity contribution in [2.75, 3.05) is 83.6 Å². The second-order valence-corrected chi connectivity index (χ2v) is 27.9. The predicted octanol–water partition coefficient (Wildman–Crippen LogP) is 18.4. The van der Waals surface area contributed by atoms with E-state index in [4.69, 9.17) is 0 Å². The van der Waals surface area contributed by atoms with Gasteiger partial charge in [0.1, 0.15) is 17.2 Å². The summed E-state index contributed by atoms with van der Waals surface area (Å²) in [6.07, 6.45) is 12.2. The van der Waals surface area contributed by atoms with E-state index in [0.717, 1.165) is 91.4 Å². The van der Waals surface area contributed by atoms with Crippen LogP contribution < -0.4 is 4.90 Å². The van der Waals surface area contributed by atoms with Gasteiger partial charge in [-0.2, -0.15) is 0 Å². The highest BCUT2D eigenvalue weighted by Crippen LogP contribution is 2.42. The lowest BCUT2D eigenvalue weighted by molar-refractivity contribution is 0.172. The fourth-order valence-electron chi connectivity index (χ4n) is 15.1. The molecule has 0 amide bonds. The molecule has 0 bridgehead atoms. The first kappa shape index (κ1) is 73.4. The number of phenolic OH excluding ortho intramolecular Hbond substituents is 3. The molecule has 0 unspecified atom stereocenters. The minimum atomic E-state index is 0.155. The Bertz CT molecular complexity index is 3860. The minimum absolute atomic E-state index is 0.155. The number of likely N-dealkylation sites (N-methyl/N-ethyl adjacent to an activating group) is 1. The van der Waals surface area contributed by atoms with E-state index in [1.807, 2.05) is 54.6 Å². The molecule has 4 aliphatic rings. The van der Waals surface area contributed by atoms with Gasteiger partial charge in [-0.25, -0.2) is 0 Å². The number of allylic oxidation sites excluding steroid dienone is 3. The van der Waals surface area contributed by atoms with Crippen molar-refractivity contribution in [2.24, 2.45) is 0 Å². The Labute approximate surface area is 601 Å². The molecule has 6 N–H and O–H groups in total. The van der Waals surface area contributed by atoms with Gasteiger partial charge in [0, 0.05) is 63.8 Å². The third kappa shape index (κ3) is 20.0. The number of phenols is 3. The molecule has 4 fully saturated rings. The Morgan fingerprint density at radius 3 is 0.950 bits per heavy atom. The summed E-state index contributed by atoms with van der Waals surface area (Å²) < 4.78 is 0. The van der Waals surface area contributed by atoms with E-state index < -0.39 is 0 Å². The number of benzene rings is 9. The molecule has 10 heteroatoms. The maximum Gasteiger partial charge on any atom is 0.115 e. The van der Waals surface area contributed by atoms with Crippen LogP contribution in [0.1, 0.15) is 171 Å². The van der Waals surface area contributed by atoms with E-state index in [1.54, 1.807) is 36.4 Å². The van der Waals surface area contributed by atoms with Gasteiger partial charge in [-0.3, -0.25) is 0 Å². The predicted molar refractivity (Wildman–Crippen MR) is 419 cm³/mol. The highest BCUT2D eigenvalue weighted by molar-refractivity contribution is 6.01. The quantitative estimate of drug-likeness (QED) is 0.0325. The maximum absolute atomic E-state index is 9.89. The Hall–Kier alpha value is -8.84. The number of aliphatic hydroxyl groups is 3. The van der Waals surface area contributed by atoms with Crippen molar-refractivity contribution in [2.45, 2.75) is 122 Å². The number of hydrogen-bond donors (Lipinski definition) is 6. The van der Waals surface area contributed by atoms with E-state index in [1.165, 1.54) is 132 Å². The lowest BCUT2D eigenvalue weighted by Gasteiger charge is -2.35. The molecule has 0 spiro atoms. The van der Waals surface area contributed by atoms with Gasteiger partial charge >= 0.3 is 0 Å². The number of nitrogens with zero attached hydrogens (tertiary/aromatic N) is 4. The number of aromatic hydroxyl groups is 3. The van der Waals surface area contributed by atoms with Crippen LogP contribution in [0, 0.1) is 0 Å². The van der Waals surface area contributed by atoms with Crippen LogP contribution in [0.25, 0.3) is 33.4 Å². The van der Waals surface area contributed by atoms with E-state index in [0.29, 0.717) is 37.1 Å². The summed E-state index contributed by atoms with van der Waals surface area (Å²) in [6.45, 7) is 17.5. The summed E-state index contributed by atoms with van der Waals surface area (Å²) in [4.78, 5) is 10.2. The number of aliphatic hydroxyl groups excluding tert-OH is 3. The van der Waals surface area contributed by atoms with Crippen molar-refractivity contribution in [3.05, 3.63) is 298 Å². The van der Waals surface area contributed by atoms with Gasteiger partial charge in [0.2, 0.25) is 0 Å². The summed E-state index contributed by atoms with van der Waals surface area (Å²) in [5.74, 6) is 2.06. The third-order valence-electron chi connectivity index (χ3n) is 21.0. The van der Waals surface area contributed by atoms with Crippen LogP contribution in [0.15, 0.2) is 237 Å². The summed E-state index contributed by atoms with van der Waals surface area (Å²) in [7, 11) is 0. The standard InChI is InChI=1S/C31H35NO2.C31H37NO2.C29H34N2O2/c33-22-4-7-30(25-5-2-1-3-6-25)31(27-12-16-29(34)17-13-27)26-10-8-23(9-11-26)24-18-20-32(21-19-24)28-14-15-28;1-23(2)32-20-18-25(19-21-32)24-10-12-27(13-11-24)31(28-14-16-29(34)17-15-28)30(9-6-22-33)26-7-4-3-5-8-26;1-2-30-18-20-31(21-19-30)26-14-10-24(11-15-26)29(25-12-16-27(33)17-13-25)28(9-6-22-32)23-7-4-3-5-8-23/h1-3,5-6,8-13,16-17,24,28,33-34H,4,7,14-15,18-22H2;3-5,7-8,10-17,23,25,33-34H,6,9,18-22H2,1-2H3;3-5,7-8,10-17,32-33H,2,6,9,18-22H2,1H3/b2*31-30+;29-28+. The zero-order valence-corrected chi connectivity index (χ0v) is 59.8. The van der Waals surface area contributed by atoms with Gasteiger partial charge in [-0.15, -0.1) is 0 Å². The number of rotatable bonds is 24. The number of hydrogen-bond acceptors (Lipinski definition) is 10. The monoisotopic (exact) mass is 1350 g/mol. The molecule has 9 aromatic rings. The molecule has 101 heavy (non-hydrogen) atoms. The molecular weight excluding hydrogens is 1250 g/mol. The van der Waals surface area contributed by atoms with Gasteiger partial charge in [0.15, 0.2) is 0 Å². The summed E-state index contributed by atoms with van der Waals surface area (Å²) in [5, 5.41) is 58.4. The maximum atomic E-state index is 9.89. The third-order valence-corrected chi connectivity index (χ3v) is 21.0. The number of anilines is 1. The van der Waals surface area contributed by atoms with Crippen LogP contribution in [0.5, 0.6) is 17.2 Å². The molecule has 13 rings (SSSR count). The Morgan fingerprint density at radius 1 is 0.347 bits per heavy atom. The highest BCUT2D eigenvalue weighted by atomic mass is 16.3. The van der Waals surface area contributed by atoms with Gasteiger partial charge in [-0.1, -0.05) is 195 Å². The highest BCUT2D eigenvalue weighted by Gasteiger charge is 2.32. The largest absolute Gasteiger partial charge is 0.508 e. The zero-order chi connectivity index (χ0) is 70.3. The summed E-state index contributed by atoms with van der Waals surface area (Å²) >= 11 is 0. The lowest BCUT2D eigenvalue weighted by atomic mass is 9.85. The van der Waals surface area contributed by atoms with E-state index in [2.05, 4.69) is 186 Å². The second kappa shape index (κ2) is 37.2. The Kier molecular flexibility index (Phi) is 27.0. The van der Waals surface area contributed by atoms with Crippen LogP contribution in [-0.2, 0) is 0 Å². The smallest absolute Gasteiger partial charge is 0.115 e. The van der Waals surface area contributed by atoms with Crippen LogP contribution in [0.3, 0.4) is 0 Å².